The number of methoxy groups -OCH3 is 1. The van der Waals surface area contributed by atoms with Crippen molar-refractivity contribution in [1.29, 1.82) is 0 Å². The van der Waals surface area contributed by atoms with Crippen molar-refractivity contribution in [2.24, 2.45) is 0 Å². The van der Waals surface area contributed by atoms with E-state index in [0.717, 1.165) is 13.2 Å². The summed E-state index contributed by atoms with van der Waals surface area (Å²) >= 11 is 0. The van der Waals surface area contributed by atoms with Gasteiger partial charge in [-0.2, -0.15) is 0 Å². The molecule has 1 fully saturated rings. The fourth-order valence-electron chi connectivity index (χ4n) is 2.41. The highest BCUT2D eigenvalue weighted by atomic mass is 16.6. The van der Waals surface area contributed by atoms with E-state index in [4.69, 9.17) is 0 Å². The van der Waals surface area contributed by atoms with Gasteiger partial charge in [0, 0.05) is 32.2 Å². The van der Waals surface area contributed by atoms with Crippen molar-refractivity contribution in [1.82, 2.24) is 5.32 Å². The summed E-state index contributed by atoms with van der Waals surface area (Å²) in [5, 5.41) is 35.8. The van der Waals surface area contributed by atoms with E-state index in [0.29, 0.717) is 26.2 Å². The first-order chi connectivity index (χ1) is 10.9. The molecule has 0 radical (unpaired) electrons. The number of aromatic hydroxyl groups is 1. The standard InChI is InChI=1S/C12H14N4O7/c1-23-12(18)7-6-8(15(19)20)9(10(11(7)17)16(21)22)14-4-2-13-3-5-14/h6,13,17H,2-5H2,1H3. The Morgan fingerprint density at radius 2 is 1.91 bits per heavy atom. The lowest BCUT2D eigenvalue weighted by Crippen LogP contribution is -2.44. The van der Waals surface area contributed by atoms with Crippen LogP contribution >= 0.6 is 0 Å². The van der Waals surface area contributed by atoms with E-state index < -0.39 is 38.5 Å². The highest BCUT2D eigenvalue weighted by molar-refractivity contribution is 5.98. The Hall–Kier alpha value is -2.95. The minimum Gasteiger partial charge on any atom is -0.501 e. The molecular formula is C12H14N4O7. The SMILES string of the molecule is COC(=O)c1cc([N+](=O)[O-])c(N2CCNCC2)c([N+](=O)[O-])c1O. The third-order valence-electron chi connectivity index (χ3n) is 3.45. The van der Waals surface area contributed by atoms with E-state index in [1.165, 1.54) is 4.90 Å². The van der Waals surface area contributed by atoms with Crippen molar-refractivity contribution in [2.75, 3.05) is 38.2 Å². The first-order valence-corrected chi connectivity index (χ1v) is 6.61. The molecule has 23 heavy (non-hydrogen) atoms. The second-order valence-corrected chi connectivity index (χ2v) is 4.73. The molecule has 0 amide bonds. The number of carbonyl (C=O) groups is 1. The van der Waals surface area contributed by atoms with Crippen LogP contribution < -0.4 is 10.2 Å². The van der Waals surface area contributed by atoms with Crippen molar-refractivity contribution in [3.8, 4) is 5.75 Å². The van der Waals surface area contributed by atoms with Crippen LogP contribution in [0.4, 0.5) is 17.1 Å². The highest BCUT2D eigenvalue weighted by Gasteiger charge is 2.37. The summed E-state index contributed by atoms with van der Waals surface area (Å²) in [5.74, 6) is -2.04. The van der Waals surface area contributed by atoms with Gasteiger partial charge in [0.05, 0.1) is 17.0 Å². The van der Waals surface area contributed by atoms with Crippen molar-refractivity contribution >= 4 is 23.0 Å². The number of ether oxygens (including phenoxy) is 1. The fraction of sp³-hybridized carbons (Fsp3) is 0.417. The highest BCUT2D eigenvalue weighted by Crippen LogP contribution is 2.46. The monoisotopic (exact) mass is 326 g/mol. The second-order valence-electron chi connectivity index (χ2n) is 4.73. The van der Waals surface area contributed by atoms with Crippen LogP contribution in [-0.4, -0.2) is 54.2 Å². The third kappa shape index (κ3) is 2.99. The van der Waals surface area contributed by atoms with Gasteiger partial charge < -0.3 is 20.1 Å². The van der Waals surface area contributed by atoms with Crippen LogP contribution in [0.2, 0.25) is 0 Å². The Morgan fingerprint density at radius 3 is 2.39 bits per heavy atom. The first-order valence-electron chi connectivity index (χ1n) is 6.61. The molecule has 1 aliphatic heterocycles. The van der Waals surface area contributed by atoms with Crippen LogP contribution in [0.15, 0.2) is 6.07 Å². The molecule has 0 spiro atoms. The number of nitrogens with zero attached hydrogens (tertiary/aromatic N) is 3. The molecule has 1 saturated heterocycles. The number of carbonyl (C=O) groups excluding carboxylic acids is 1. The van der Waals surface area contributed by atoms with Crippen LogP contribution in [0.1, 0.15) is 10.4 Å². The number of hydrogen-bond donors (Lipinski definition) is 2. The molecule has 0 aromatic heterocycles. The van der Waals surface area contributed by atoms with E-state index in [9.17, 15) is 30.1 Å². The largest absolute Gasteiger partial charge is 0.501 e. The molecule has 2 rings (SSSR count). The van der Waals surface area contributed by atoms with Gasteiger partial charge in [-0.05, 0) is 0 Å². The number of nitrogens with one attached hydrogen (secondary N) is 1. The summed E-state index contributed by atoms with van der Waals surface area (Å²) in [5.41, 5.74) is -2.44. The van der Waals surface area contributed by atoms with E-state index in [2.05, 4.69) is 10.1 Å². The van der Waals surface area contributed by atoms with Crippen LogP contribution in [0.25, 0.3) is 0 Å². The number of nitro groups is 2. The van der Waals surface area contributed by atoms with Crippen LogP contribution in [0, 0.1) is 20.2 Å². The summed E-state index contributed by atoms with van der Waals surface area (Å²) in [6.07, 6.45) is 0. The van der Waals surface area contributed by atoms with E-state index >= 15 is 0 Å². The topological polar surface area (TPSA) is 148 Å². The molecule has 0 atom stereocenters. The van der Waals surface area contributed by atoms with E-state index in [-0.39, 0.29) is 5.69 Å². The molecule has 124 valence electrons. The van der Waals surface area contributed by atoms with E-state index in [1.54, 1.807) is 0 Å². The van der Waals surface area contributed by atoms with Gasteiger partial charge in [-0.15, -0.1) is 0 Å². The molecule has 0 aliphatic carbocycles. The van der Waals surface area contributed by atoms with Crippen LogP contribution in [0.5, 0.6) is 5.75 Å². The summed E-state index contributed by atoms with van der Waals surface area (Å²) < 4.78 is 4.40. The van der Waals surface area contributed by atoms with E-state index in [1.807, 2.05) is 0 Å². The lowest BCUT2D eigenvalue weighted by molar-refractivity contribution is -0.393. The maximum atomic E-state index is 11.6. The van der Waals surface area contributed by atoms with Gasteiger partial charge >= 0.3 is 17.3 Å². The van der Waals surface area contributed by atoms with Gasteiger partial charge in [0.1, 0.15) is 5.56 Å². The summed E-state index contributed by atoms with van der Waals surface area (Å²) in [6, 6.07) is 0.797. The summed E-state index contributed by atoms with van der Waals surface area (Å²) in [7, 11) is 1.00. The van der Waals surface area contributed by atoms with Crippen LogP contribution in [0.3, 0.4) is 0 Å². The number of phenolic OH excluding ortho intramolecular Hbond substituents is 1. The van der Waals surface area contributed by atoms with Crippen molar-refractivity contribution < 1.29 is 24.5 Å². The van der Waals surface area contributed by atoms with Gasteiger partial charge in [0.15, 0.2) is 5.69 Å². The maximum Gasteiger partial charge on any atom is 0.342 e. The zero-order valence-corrected chi connectivity index (χ0v) is 12.1. The smallest absolute Gasteiger partial charge is 0.342 e. The molecule has 0 bridgehead atoms. The Labute approximate surface area is 129 Å². The molecule has 11 nitrogen and oxygen atoms in total. The number of benzene rings is 1. The van der Waals surface area contributed by atoms with Crippen molar-refractivity contribution in [3.05, 3.63) is 31.9 Å². The van der Waals surface area contributed by atoms with Crippen molar-refractivity contribution in [2.45, 2.75) is 0 Å². The van der Waals surface area contributed by atoms with Crippen molar-refractivity contribution in [3.63, 3.8) is 0 Å². The second kappa shape index (κ2) is 6.44. The molecule has 0 unspecified atom stereocenters. The number of anilines is 1. The Balaban J connectivity index is 2.76. The molecule has 1 aromatic rings. The number of hydrogen-bond acceptors (Lipinski definition) is 9. The number of piperazine rings is 1. The number of rotatable bonds is 4. The predicted molar refractivity (Wildman–Crippen MR) is 77.8 cm³/mol. The minimum atomic E-state index is -1.10. The molecule has 1 aromatic carbocycles. The lowest BCUT2D eigenvalue weighted by Gasteiger charge is -2.28. The average Bonchev–Trinajstić information content (AvgIpc) is 2.53. The minimum absolute atomic E-state index is 0.290. The van der Waals surface area contributed by atoms with Gasteiger partial charge in [-0.3, -0.25) is 20.2 Å². The quantitative estimate of drug-likeness (QED) is 0.455. The van der Waals surface area contributed by atoms with Gasteiger partial charge in [0.2, 0.25) is 5.75 Å². The van der Waals surface area contributed by atoms with Crippen LogP contribution in [-0.2, 0) is 4.74 Å². The fourth-order valence-corrected chi connectivity index (χ4v) is 2.41. The molecule has 2 N–H and O–H groups in total. The predicted octanol–water partition coefficient (Wildman–Crippen LogP) is 0.405. The number of esters is 1. The number of phenols is 1. The Kier molecular flexibility index (Phi) is 4.60. The summed E-state index contributed by atoms with van der Waals surface area (Å²) in [4.78, 5) is 34.0. The zero-order chi connectivity index (χ0) is 17.1. The zero-order valence-electron chi connectivity index (χ0n) is 12.1. The van der Waals surface area contributed by atoms with Gasteiger partial charge in [-0.25, -0.2) is 4.79 Å². The van der Waals surface area contributed by atoms with Gasteiger partial charge in [0.25, 0.3) is 0 Å². The normalized spacial score (nSPS) is 14.4. The third-order valence-corrected chi connectivity index (χ3v) is 3.45. The molecule has 0 saturated carbocycles. The number of nitro benzene ring substituents is 2. The maximum absolute atomic E-state index is 11.6. The molecule has 11 heteroatoms. The Bertz CT molecular complexity index is 670. The van der Waals surface area contributed by atoms with Gasteiger partial charge in [-0.1, -0.05) is 0 Å². The lowest BCUT2D eigenvalue weighted by atomic mass is 10.1. The first kappa shape index (κ1) is 16.4. The summed E-state index contributed by atoms with van der Waals surface area (Å²) in [6.45, 7) is 1.54. The molecular weight excluding hydrogens is 312 g/mol. The molecule has 1 heterocycles. The average molecular weight is 326 g/mol. The molecule has 1 aliphatic rings. The Morgan fingerprint density at radius 1 is 1.30 bits per heavy atom.